The average Bonchev–Trinajstić information content (AvgIpc) is 3.13. The molecule has 3 N–H and O–H groups in total. The van der Waals surface area contributed by atoms with Crippen LogP contribution in [0.4, 0.5) is 4.39 Å². The first-order valence-corrected chi connectivity index (χ1v) is 17.3. The number of nitrogens with one attached hydrogen (secondary N) is 2. The number of fused-ring (bicyclic) bond motifs is 3. The van der Waals surface area contributed by atoms with E-state index in [1.807, 2.05) is 6.07 Å². The summed E-state index contributed by atoms with van der Waals surface area (Å²) in [6.45, 7) is 2.86. The van der Waals surface area contributed by atoms with Crippen LogP contribution < -0.4 is 19.8 Å². The summed E-state index contributed by atoms with van der Waals surface area (Å²) in [5.74, 6) is -0.330. The van der Waals surface area contributed by atoms with Crippen LogP contribution in [0.1, 0.15) is 57.6 Å². The van der Waals surface area contributed by atoms with Crippen molar-refractivity contribution in [2.45, 2.75) is 44.1 Å². The molecule has 7 rings (SSSR count). The van der Waals surface area contributed by atoms with Crippen LogP contribution in [0.15, 0.2) is 79.1 Å². The van der Waals surface area contributed by atoms with Gasteiger partial charge in [-0.25, -0.2) is 19.0 Å². The second kappa shape index (κ2) is 17.3. The van der Waals surface area contributed by atoms with E-state index in [0.717, 1.165) is 25.9 Å². The maximum atomic E-state index is 15.0. The molecular formula is C38H40Cl2FN3O7. The molecule has 0 spiro atoms. The lowest BCUT2D eigenvalue weighted by Gasteiger charge is -2.44. The van der Waals surface area contributed by atoms with Crippen LogP contribution in [0.5, 0.6) is 11.5 Å². The lowest BCUT2D eigenvalue weighted by Crippen LogP contribution is -2.52. The fourth-order valence-corrected chi connectivity index (χ4v) is 7.19. The molecule has 4 aromatic rings. The van der Waals surface area contributed by atoms with E-state index in [1.54, 1.807) is 67.0 Å². The van der Waals surface area contributed by atoms with Crippen molar-refractivity contribution in [2.75, 3.05) is 33.9 Å². The van der Waals surface area contributed by atoms with Crippen molar-refractivity contribution in [2.24, 2.45) is 5.92 Å². The number of halogens is 3. The van der Waals surface area contributed by atoms with Crippen LogP contribution in [0.3, 0.4) is 0 Å². The number of H-pyrrole nitrogens is 1. The minimum atomic E-state index is -1.05. The molecule has 0 amide bonds. The highest BCUT2D eigenvalue weighted by atomic mass is 35.5. The number of ether oxygens (including phenoxy) is 4. The summed E-state index contributed by atoms with van der Waals surface area (Å²) in [5, 5.41) is 3.97. The number of rotatable bonds is 13. The largest absolute Gasteiger partial charge is 0.870 e. The number of carbonyl (C=O) groups excluding carboxylic acids is 2. The van der Waals surface area contributed by atoms with E-state index in [0.29, 0.717) is 50.7 Å². The van der Waals surface area contributed by atoms with Gasteiger partial charge in [-0.2, -0.15) is 0 Å². The van der Waals surface area contributed by atoms with Crippen LogP contribution >= 0.6 is 23.2 Å². The predicted octanol–water partition coefficient (Wildman–Crippen LogP) is 6.40. The molecular weight excluding hydrogens is 700 g/mol. The molecule has 51 heavy (non-hydrogen) atoms. The molecule has 3 aliphatic heterocycles. The molecule has 10 nitrogen and oxygen atoms in total. The van der Waals surface area contributed by atoms with E-state index in [1.165, 1.54) is 20.3 Å². The fraction of sp³-hybridized carbons (Fsp3) is 0.342. The molecule has 0 saturated carbocycles. The molecule has 3 aliphatic rings. The summed E-state index contributed by atoms with van der Waals surface area (Å²) < 4.78 is 38.0. The maximum absolute atomic E-state index is 15.0. The van der Waals surface area contributed by atoms with E-state index in [9.17, 15) is 9.59 Å². The van der Waals surface area contributed by atoms with Gasteiger partial charge in [0.05, 0.1) is 19.8 Å². The van der Waals surface area contributed by atoms with E-state index in [-0.39, 0.29) is 35.7 Å². The zero-order valence-electron chi connectivity index (χ0n) is 28.2. The van der Waals surface area contributed by atoms with Gasteiger partial charge in [-0.15, -0.1) is 0 Å². The topological polar surface area (TPSA) is 130 Å². The fourth-order valence-electron chi connectivity index (χ4n) is 6.65. The normalized spacial score (nSPS) is 19.0. The van der Waals surface area contributed by atoms with E-state index in [4.69, 9.17) is 42.1 Å². The number of esters is 2. The molecule has 3 fully saturated rings. The highest BCUT2D eigenvalue weighted by Gasteiger charge is 2.38. The Kier molecular flexibility index (Phi) is 12.9. The Balaban J connectivity index is 0.00000504. The SMILES string of the molecule is COc1ccc([C@H](Cc2c(Cl)c[nH+]cc2Cl)OC(=O)c2cccc(CNC(C(=O)O[C@H]3CN4CCC3CC4)c3ccccc3F)c2)cc1OC.[OH-]. The standard InChI is InChI=1S/C38H38Cl2FN3O6.H2O/c1-47-32-11-10-25(17-34(32)48-2)33(18-28-29(39)20-42-21-30(28)40)49-37(45)26-7-5-6-23(16-26)19-43-36(27-8-3-4-9-31(27)41)38(46)50-35-22-44-14-12-24(35)13-15-44;/h3-11,16-17,20-21,24,33,35-36,43H,12-15,18-19,22H2,1-2H3;1H2/t33-,35-,36?;/m0./s1. The number of aromatic amines is 1. The Morgan fingerprint density at radius 3 is 2.35 bits per heavy atom. The van der Waals surface area contributed by atoms with Gasteiger partial charge in [0.1, 0.15) is 34.1 Å². The van der Waals surface area contributed by atoms with Crippen LogP contribution in [0.2, 0.25) is 10.0 Å². The number of carbonyl (C=O) groups is 2. The molecule has 270 valence electrons. The van der Waals surface area contributed by atoms with E-state index in [2.05, 4.69) is 15.2 Å². The second-order valence-corrected chi connectivity index (χ2v) is 13.3. The van der Waals surface area contributed by atoms with Crippen LogP contribution in [-0.2, 0) is 27.2 Å². The molecule has 1 aromatic heterocycles. The zero-order valence-corrected chi connectivity index (χ0v) is 29.8. The minimum Gasteiger partial charge on any atom is -0.870 e. The van der Waals surface area contributed by atoms with Crippen LogP contribution in [0.25, 0.3) is 0 Å². The van der Waals surface area contributed by atoms with Gasteiger partial charge in [0.25, 0.3) is 0 Å². The number of aromatic nitrogens is 1. The smallest absolute Gasteiger partial charge is 0.338 e. The molecule has 0 radical (unpaired) electrons. The molecule has 3 atom stereocenters. The predicted molar refractivity (Wildman–Crippen MR) is 188 cm³/mol. The highest BCUT2D eigenvalue weighted by molar-refractivity contribution is 6.35. The van der Waals surface area contributed by atoms with Gasteiger partial charge in [0.15, 0.2) is 23.9 Å². The number of methoxy groups -OCH3 is 2. The third-order valence-electron chi connectivity index (χ3n) is 9.40. The maximum Gasteiger partial charge on any atom is 0.338 e. The minimum absolute atomic E-state index is 0. The van der Waals surface area contributed by atoms with Gasteiger partial charge >= 0.3 is 11.9 Å². The number of piperidine rings is 3. The van der Waals surface area contributed by atoms with Crippen molar-refractivity contribution in [1.82, 2.24) is 10.2 Å². The third kappa shape index (κ3) is 8.98. The van der Waals surface area contributed by atoms with Crippen molar-refractivity contribution >= 4 is 35.1 Å². The molecule has 2 bridgehead atoms. The van der Waals surface area contributed by atoms with E-state index >= 15 is 4.39 Å². The van der Waals surface area contributed by atoms with Crippen LogP contribution in [-0.4, -0.2) is 62.3 Å². The van der Waals surface area contributed by atoms with Gasteiger partial charge in [-0.1, -0.05) is 59.6 Å². The Morgan fingerprint density at radius 1 is 0.961 bits per heavy atom. The summed E-state index contributed by atoms with van der Waals surface area (Å²) in [6, 6.07) is 17.2. The Hall–Kier alpha value is -4.26. The van der Waals surface area contributed by atoms with Crippen molar-refractivity contribution < 1.29 is 43.4 Å². The van der Waals surface area contributed by atoms with Crippen molar-refractivity contribution in [1.29, 1.82) is 0 Å². The Bertz CT molecular complexity index is 1820. The average molecular weight is 741 g/mol. The molecule has 4 heterocycles. The molecule has 3 saturated heterocycles. The Morgan fingerprint density at radius 2 is 1.69 bits per heavy atom. The third-order valence-corrected chi connectivity index (χ3v) is 10.1. The second-order valence-electron chi connectivity index (χ2n) is 12.5. The first-order chi connectivity index (χ1) is 24.2. The lowest BCUT2D eigenvalue weighted by molar-refractivity contribution is -0.377. The van der Waals surface area contributed by atoms with Gasteiger partial charge in [0.2, 0.25) is 0 Å². The monoisotopic (exact) mass is 739 g/mol. The lowest BCUT2D eigenvalue weighted by atomic mass is 9.86. The number of hydrogen-bond acceptors (Lipinski definition) is 9. The van der Waals surface area contributed by atoms with Crippen molar-refractivity contribution in [3.05, 3.63) is 123 Å². The number of hydrogen-bond donors (Lipinski definition) is 1. The summed E-state index contributed by atoms with van der Waals surface area (Å²) in [5.41, 5.74) is 2.40. The molecule has 0 aliphatic carbocycles. The van der Waals surface area contributed by atoms with Crippen molar-refractivity contribution in [3.63, 3.8) is 0 Å². The van der Waals surface area contributed by atoms with Crippen molar-refractivity contribution in [3.8, 4) is 11.5 Å². The van der Waals surface area contributed by atoms with Gasteiger partial charge in [-0.05, 0) is 73.3 Å². The number of pyridine rings is 1. The van der Waals surface area contributed by atoms with Gasteiger partial charge in [0, 0.05) is 30.6 Å². The zero-order chi connectivity index (χ0) is 35.2. The summed E-state index contributed by atoms with van der Waals surface area (Å²) >= 11 is 13.0. The summed E-state index contributed by atoms with van der Waals surface area (Å²) in [4.78, 5) is 32.5. The number of benzene rings is 3. The van der Waals surface area contributed by atoms with Gasteiger partial charge < -0.3 is 24.4 Å². The van der Waals surface area contributed by atoms with Crippen LogP contribution in [0, 0.1) is 11.7 Å². The molecule has 3 aromatic carbocycles. The van der Waals surface area contributed by atoms with E-state index < -0.39 is 29.9 Å². The first kappa shape index (κ1) is 38.0. The molecule has 1 unspecified atom stereocenters. The highest BCUT2D eigenvalue weighted by Crippen LogP contribution is 2.36. The quantitative estimate of drug-likeness (QED) is 0.155. The summed E-state index contributed by atoms with van der Waals surface area (Å²) in [7, 11) is 3.06. The van der Waals surface area contributed by atoms with Gasteiger partial charge in [-0.3, -0.25) is 10.2 Å². The Labute approximate surface area is 306 Å². The number of nitrogens with zero attached hydrogens (tertiary/aromatic N) is 1. The first-order valence-electron chi connectivity index (χ1n) is 16.5. The molecule has 13 heteroatoms. The summed E-state index contributed by atoms with van der Waals surface area (Å²) in [6.07, 6.45) is 4.33.